The Labute approximate surface area is 179 Å². The quantitative estimate of drug-likeness (QED) is 0.396. The van der Waals surface area contributed by atoms with Crippen LogP contribution in [0.2, 0.25) is 5.15 Å². The number of rotatable bonds is 6. The van der Waals surface area contributed by atoms with Gasteiger partial charge in [0.05, 0.1) is 22.8 Å². The third-order valence-corrected chi connectivity index (χ3v) is 5.92. The molecule has 1 aliphatic heterocycles. The molecule has 1 aromatic carbocycles. The fourth-order valence-electron chi connectivity index (χ4n) is 2.80. The van der Waals surface area contributed by atoms with Crippen LogP contribution in [0.15, 0.2) is 35.2 Å². The number of aliphatic carboxylic acids is 1. The summed E-state index contributed by atoms with van der Waals surface area (Å²) in [4.78, 5) is 16.7. The lowest BCUT2D eigenvalue weighted by Gasteiger charge is -2.27. The van der Waals surface area contributed by atoms with Crippen LogP contribution in [-0.4, -0.2) is 44.7 Å². The van der Waals surface area contributed by atoms with Crippen molar-refractivity contribution >= 4 is 39.0 Å². The lowest BCUT2D eigenvalue weighted by Crippen LogP contribution is -2.29. The molecular weight excluding hydrogens is 430 g/mol. The van der Waals surface area contributed by atoms with Gasteiger partial charge in [0.2, 0.25) is 0 Å². The lowest BCUT2D eigenvalue weighted by molar-refractivity contribution is -0.137. The van der Waals surface area contributed by atoms with E-state index in [0.717, 1.165) is 12.2 Å². The number of pyridine rings is 1. The highest BCUT2D eigenvalue weighted by molar-refractivity contribution is 7.92. The van der Waals surface area contributed by atoms with Crippen molar-refractivity contribution in [3.63, 3.8) is 0 Å². The van der Waals surface area contributed by atoms with Gasteiger partial charge in [0.25, 0.3) is 10.0 Å². The number of anilines is 2. The lowest BCUT2D eigenvalue weighted by atomic mass is 10.2. The van der Waals surface area contributed by atoms with Crippen LogP contribution in [0.1, 0.15) is 25.0 Å². The first-order valence-electron chi connectivity index (χ1n) is 9.14. The zero-order valence-corrected chi connectivity index (χ0v) is 17.8. The van der Waals surface area contributed by atoms with E-state index in [1.807, 2.05) is 11.9 Å². The minimum Gasteiger partial charge on any atom is -0.490 e. The monoisotopic (exact) mass is 449 g/mol. The topological polar surface area (TPSA) is 109 Å². The van der Waals surface area contributed by atoms with Gasteiger partial charge in [-0.25, -0.2) is 13.4 Å². The maximum absolute atomic E-state index is 12.9. The number of unbranched alkanes of at least 4 members (excludes halogenated alkanes) is 1. The fourth-order valence-corrected chi connectivity index (χ4v) is 4.03. The first-order chi connectivity index (χ1) is 14.3. The zero-order valence-electron chi connectivity index (χ0n) is 16.2. The van der Waals surface area contributed by atoms with E-state index in [1.54, 1.807) is 6.07 Å². The van der Waals surface area contributed by atoms with E-state index < -0.39 is 16.0 Å². The average molecular weight is 450 g/mol. The third-order valence-electron chi connectivity index (χ3n) is 4.34. The standard InChI is InChI=1S/C20H20ClN3O5S/c1-24-11-12-29-18-13-14(7-9-17(18)24)30(27,28)23-16-8-10-19(21)22-15(16)5-3-2-4-6-20(25)26/h7-10,13,23H,2,4,6,11-12H2,1H3,(H,25,26). The molecule has 0 atom stereocenters. The molecule has 2 N–H and O–H groups in total. The van der Waals surface area contributed by atoms with Crippen molar-refractivity contribution in [3.05, 3.63) is 41.2 Å². The minimum absolute atomic E-state index is 0.00668. The summed E-state index contributed by atoms with van der Waals surface area (Å²) in [5.74, 6) is 5.16. The third kappa shape index (κ3) is 5.34. The molecule has 30 heavy (non-hydrogen) atoms. The van der Waals surface area contributed by atoms with E-state index in [-0.39, 0.29) is 27.9 Å². The second-order valence-electron chi connectivity index (χ2n) is 6.58. The maximum atomic E-state index is 12.9. The van der Waals surface area contributed by atoms with Gasteiger partial charge in [0.1, 0.15) is 23.2 Å². The largest absolute Gasteiger partial charge is 0.490 e. The predicted octanol–water partition coefficient (Wildman–Crippen LogP) is 2.97. The number of fused-ring (bicyclic) bond motifs is 1. The van der Waals surface area contributed by atoms with Gasteiger partial charge in [-0.1, -0.05) is 17.5 Å². The summed E-state index contributed by atoms with van der Waals surface area (Å²) < 4.78 is 33.9. The first-order valence-corrected chi connectivity index (χ1v) is 11.0. The van der Waals surface area contributed by atoms with E-state index >= 15 is 0 Å². The number of carbonyl (C=O) groups is 1. The normalized spacial score (nSPS) is 12.9. The van der Waals surface area contributed by atoms with Crippen molar-refractivity contribution in [1.29, 1.82) is 0 Å². The van der Waals surface area contributed by atoms with E-state index in [4.69, 9.17) is 21.4 Å². The minimum atomic E-state index is -3.92. The Hall–Kier alpha value is -2.96. The number of hydrogen-bond acceptors (Lipinski definition) is 6. The van der Waals surface area contributed by atoms with Gasteiger partial charge in [0, 0.05) is 26.0 Å². The maximum Gasteiger partial charge on any atom is 0.303 e. The molecule has 0 aliphatic carbocycles. The Bertz CT molecular complexity index is 1120. The number of carboxylic acids is 1. The van der Waals surface area contributed by atoms with Gasteiger partial charge in [0.15, 0.2) is 0 Å². The Balaban J connectivity index is 1.83. The first kappa shape index (κ1) is 21.7. The summed E-state index contributed by atoms with van der Waals surface area (Å²) >= 11 is 5.92. The van der Waals surface area contributed by atoms with Crippen LogP contribution in [0.25, 0.3) is 0 Å². The van der Waals surface area contributed by atoms with Crippen LogP contribution in [-0.2, 0) is 14.8 Å². The molecule has 1 aromatic heterocycles. The van der Waals surface area contributed by atoms with Gasteiger partial charge in [-0.3, -0.25) is 9.52 Å². The number of ether oxygens (including phenoxy) is 1. The molecule has 10 heteroatoms. The van der Waals surface area contributed by atoms with Gasteiger partial charge >= 0.3 is 5.97 Å². The van der Waals surface area contributed by atoms with Crippen LogP contribution < -0.4 is 14.4 Å². The van der Waals surface area contributed by atoms with E-state index in [1.165, 1.54) is 24.3 Å². The van der Waals surface area contributed by atoms with Gasteiger partial charge < -0.3 is 14.7 Å². The van der Waals surface area contributed by atoms with E-state index in [9.17, 15) is 13.2 Å². The van der Waals surface area contributed by atoms with Crippen molar-refractivity contribution in [2.75, 3.05) is 29.8 Å². The van der Waals surface area contributed by atoms with Crippen LogP contribution in [0.3, 0.4) is 0 Å². The molecule has 0 spiro atoms. The molecule has 158 valence electrons. The van der Waals surface area contributed by atoms with E-state index in [0.29, 0.717) is 25.2 Å². The van der Waals surface area contributed by atoms with Crippen LogP contribution in [0, 0.1) is 11.8 Å². The summed E-state index contributed by atoms with van der Waals surface area (Å²) in [6.45, 7) is 1.20. The van der Waals surface area contributed by atoms with Gasteiger partial charge in [-0.15, -0.1) is 0 Å². The molecule has 0 saturated carbocycles. The fraction of sp³-hybridized carbons (Fsp3) is 0.300. The Kier molecular flexibility index (Phi) is 6.70. The number of halogens is 1. The smallest absolute Gasteiger partial charge is 0.303 e. The molecule has 2 heterocycles. The molecule has 0 unspecified atom stereocenters. The number of sulfonamides is 1. The Morgan fingerprint density at radius 1 is 1.37 bits per heavy atom. The van der Waals surface area contributed by atoms with Crippen molar-refractivity contribution in [1.82, 2.24) is 4.98 Å². The number of aromatic nitrogens is 1. The second kappa shape index (κ2) is 9.24. The van der Waals surface area contributed by atoms with E-state index in [2.05, 4.69) is 21.5 Å². The van der Waals surface area contributed by atoms with Crippen molar-refractivity contribution in [2.24, 2.45) is 0 Å². The predicted molar refractivity (Wildman–Crippen MR) is 114 cm³/mol. The van der Waals surface area contributed by atoms with Crippen molar-refractivity contribution in [3.8, 4) is 17.6 Å². The van der Waals surface area contributed by atoms with Crippen LogP contribution in [0.4, 0.5) is 11.4 Å². The number of hydrogen-bond donors (Lipinski definition) is 2. The molecule has 0 radical (unpaired) electrons. The average Bonchev–Trinajstić information content (AvgIpc) is 2.69. The molecule has 0 bridgehead atoms. The highest BCUT2D eigenvalue weighted by atomic mass is 35.5. The van der Waals surface area contributed by atoms with Crippen LogP contribution >= 0.6 is 11.6 Å². The summed E-state index contributed by atoms with van der Waals surface area (Å²) in [7, 11) is -2.01. The summed E-state index contributed by atoms with van der Waals surface area (Å²) in [6.07, 6.45) is 0.725. The number of nitrogens with one attached hydrogen (secondary N) is 1. The molecule has 3 rings (SSSR count). The SMILES string of the molecule is CN1CCOc2cc(S(=O)(=O)Nc3ccc(Cl)nc3C#CCCCC(=O)O)ccc21. The number of benzene rings is 1. The number of likely N-dealkylation sites (N-methyl/N-ethyl adjacent to an activating group) is 1. The van der Waals surface area contributed by atoms with Crippen LogP contribution in [0.5, 0.6) is 5.75 Å². The molecule has 0 saturated heterocycles. The van der Waals surface area contributed by atoms with Crippen molar-refractivity contribution in [2.45, 2.75) is 24.2 Å². The molecule has 0 amide bonds. The van der Waals surface area contributed by atoms with Gasteiger partial charge in [-0.05, 0) is 36.6 Å². The molecule has 8 nitrogen and oxygen atoms in total. The summed E-state index contributed by atoms with van der Waals surface area (Å²) in [5, 5.41) is 8.83. The highest BCUT2D eigenvalue weighted by Crippen LogP contribution is 2.33. The Morgan fingerprint density at radius 2 is 2.17 bits per heavy atom. The van der Waals surface area contributed by atoms with Gasteiger partial charge in [-0.2, -0.15) is 0 Å². The Morgan fingerprint density at radius 3 is 2.93 bits per heavy atom. The molecule has 2 aromatic rings. The highest BCUT2D eigenvalue weighted by Gasteiger charge is 2.21. The zero-order chi connectivity index (χ0) is 21.7. The summed E-state index contributed by atoms with van der Waals surface area (Å²) in [5.41, 5.74) is 1.16. The molecule has 1 aliphatic rings. The number of carboxylic acid groups (broad SMARTS) is 1. The van der Waals surface area contributed by atoms with Crippen molar-refractivity contribution < 1.29 is 23.1 Å². The summed E-state index contributed by atoms with van der Waals surface area (Å²) in [6, 6.07) is 7.63. The molecular formula is C20H20ClN3O5S. The second-order valence-corrected chi connectivity index (χ2v) is 8.65. The number of nitrogens with zero attached hydrogens (tertiary/aromatic N) is 2. The molecule has 0 fully saturated rings.